The van der Waals surface area contributed by atoms with E-state index in [9.17, 15) is 10.1 Å². The highest BCUT2D eigenvalue weighted by Crippen LogP contribution is 2.22. The van der Waals surface area contributed by atoms with Crippen molar-refractivity contribution in [1.29, 1.82) is 0 Å². The Morgan fingerprint density at radius 3 is 2.41 bits per heavy atom. The lowest BCUT2D eigenvalue weighted by Gasteiger charge is -2.33. The van der Waals surface area contributed by atoms with E-state index in [0.717, 1.165) is 37.7 Å². The summed E-state index contributed by atoms with van der Waals surface area (Å²) in [6.07, 6.45) is 0. The maximum absolute atomic E-state index is 10.9. The lowest BCUT2D eigenvalue weighted by molar-refractivity contribution is -0.384. The molecular weight excluding hydrogens is 394 g/mol. The van der Waals surface area contributed by atoms with Gasteiger partial charge in [-0.05, 0) is 17.7 Å². The normalized spacial score (nSPS) is 15.5. The molecule has 29 heavy (non-hydrogen) atoms. The molecule has 0 saturated carbocycles. The molecular formula is C20H20ClN5O3. The van der Waals surface area contributed by atoms with E-state index in [1.54, 1.807) is 12.1 Å². The first kappa shape index (κ1) is 19.5. The molecule has 1 fully saturated rings. The van der Waals surface area contributed by atoms with Crippen LogP contribution < -0.4 is 0 Å². The van der Waals surface area contributed by atoms with Gasteiger partial charge >= 0.3 is 0 Å². The van der Waals surface area contributed by atoms with Crippen LogP contribution in [0.3, 0.4) is 0 Å². The quantitative estimate of drug-likeness (QED) is 0.450. The van der Waals surface area contributed by atoms with Crippen molar-refractivity contribution >= 4 is 17.3 Å². The third kappa shape index (κ3) is 4.97. The Kier molecular flexibility index (Phi) is 5.84. The van der Waals surface area contributed by atoms with Gasteiger partial charge in [-0.25, -0.2) is 0 Å². The van der Waals surface area contributed by atoms with E-state index < -0.39 is 4.92 Å². The van der Waals surface area contributed by atoms with Gasteiger partial charge < -0.3 is 4.52 Å². The maximum atomic E-state index is 10.9. The fraction of sp³-hybridized carbons (Fsp3) is 0.300. The number of halogens is 1. The van der Waals surface area contributed by atoms with Gasteiger partial charge in [0.15, 0.2) is 0 Å². The number of nitro benzene ring substituents is 1. The largest absolute Gasteiger partial charge is 0.338 e. The van der Waals surface area contributed by atoms with Gasteiger partial charge in [0, 0.05) is 55.4 Å². The summed E-state index contributed by atoms with van der Waals surface area (Å²) >= 11 is 5.94. The second kappa shape index (κ2) is 8.69. The Labute approximate surface area is 172 Å². The first-order chi connectivity index (χ1) is 14.1. The van der Waals surface area contributed by atoms with Crippen molar-refractivity contribution in [2.75, 3.05) is 26.2 Å². The zero-order chi connectivity index (χ0) is 20.2. The van der Waals surface area contributed by atoms with Gasteiger partial charge in [-0.2, -0.15) is 4.98 Å². The Morgan fingerprint density at radius 1 is 1.03 bits per heavy atom. The number of non-ortho nitro benzene ring substituents is 1. The highest BCUT2D eigenvalue weighted by Gasteiger charge is 2.20. The van der Waals surface area contributed by atoms with E-state index in [4.69, 9.17) is 16.1 Å². The predicted octanol–water partition coefficient (Wildman–Crippen LogP) is 3.62. The molecule has 1 saturated heterocycles. The number of benzene rings is 2. The average molecular weight is 414 g/mol. The van der Waals surface area contributed by atoms with Crippen LogP contribution in [0.5, 0.6) is 0 Å². The molecule has 2 aromatic carbocycles. The van der Waals surface area contributed by atoms with E-state index in [1.807, 2.05) is 12.1 Å². The summed E-state index contributed by atoms with van der Waals surface area (Å²) in [6, 6.07) is 14.2. The third-order valence-electron chi connectivity index (χ3n) is 4.93. The minimum atomic E-state index is -0.436. The molecule has 0 unspecified atom stereocenters. The second-order valence-corrected chi connectivity index (χ2v) is 7.43. The summed E-state index contributed by atoms with van der Waals surface area (Å²) in [5.41, 5.74) is 1.83. The van der Waals surface area contributed by atoms with Crippen molar-refractivity contribution in [3.63, 3.8) is 0 Å². The van der Waals surface area contributed by atoms with Crippen molar-refractivity contribution in [3.8, 4) is 11.4 Å². The molecule has 8 nitrogen and oxygen atoms in total. The minimum Gasteiger partial charge on any atom is -0.338 e. The number of nitro groups is 1. The number of hydrogen-bond acceptors (Lipinski definition) is 7. The van der Waals surface area contributed by atoms with Crippen molar-refractivity contribution in [1.82, 2.24) is 19.9 Å². The minimum absolute atomic E-state index is 0.00524. The second-order valence-electron chi connectivity index (χ2n) is 7.00. The number of nitrogens with zero attached hydrogens (tertiary/aromatic N) is 5. The summed E-state index contributed by atoms with van der Waals surface area (Å²) in [6.45, 7) is 5.19. The molecule has 1 aliphatic rings. The van der Waals surface area contributed by atoms with E-state index in [-0.39, 0.29) is 5.69 Å². The molecule has 0 aliphatic carbocycles. The summed E-state index contributed by atoms with van der Waals surface area (Å²) < 4.78 is 5.36. The van der Waals surface area contributed by atoms with Crippen LogP contribution in [0.25, 0.3) is 11.4 Å². The zero-order valence-electron chi connectivity index (χ0n) is 15.7. The standard InChI is InChI=1S/C20H20ClN5O3/c21-17-6-4-15(5-7-17)13-24-8-10-25(11-9-24)14-19-22-20(23-29-19)16-2-1-3-18(12-16)26(27)28/h1-7,12H,8-11,13-14H2. The van der Waals surface area contributed by atoms with Crippen molar-refractivity contribution in [2.24, 2.45) is 0 Å². The van der Waals surface area contributed by atoms with Gasteiger partial charge in [0.2, 0.25) is 11.7 Å². The molecule has 2 heterocycles. The molecule has 0 radical (unpaired) electrons. The van der Waals surface area contributed by atoms with Gasteiger partial charge in [-0.3, -0.25) is 19.9 Å². The lowest BCUT2D eigenvalue weighted by atomic mass is 10.2. The van der Waals surface area contributed by atoms with Crippen LogP contribution in [-0.4, -0.2) is 51.0 Å². The first-order valence-electron chi connectivity index (χ1n) is 9.33. The number of hydrogen-bond donors (Lipinski definition) is 0. The van der Waals surface area contributed by atoms with E-state index in [2.05, 4.69) is 32.1 Å². The first-order valence-corrected chi connectivity index (χ1v) is 9.71. The van der Waals surface area contributed by atoms with Crippen molar-refractivity contribution in [3.05, 3.63) is 75.1 Å². The smallest absolute Gasteiger partial charge is 0.270 e. The molecule has 1 aromatic heterocycles. The molecule has 0 bridgehead atoms. The molecule has 0 atom stereocenters. The molecule has 0 spiro atoms. The number of piperazine rings is 1. The third-order valence-corrected chi connectivity index (χ3v) is 5.18. The van der Waals surface area contributed by atoms with Gasteiger partial charge in [0.25, 0.3) is 5.69 Å². The van der Waals surface area contributed by atoms with E-state index in [1.165, 1.54) is 17.7 Å². The SMILES string of the molecule is O=[N+]([O-])c1cccc(-c2noc(CN3CCN(Cc4ccc(Cl)cc4)CC3)n2)c1. The van der Waals surface area contributed by atoms with Crippen LogP contribution in [0.15, 0.2) is 53.1 Å². The summed E-state index contributed by atoms with van der Waals surface area (Å²) in [7, 11) is 0. The Bertz CT molecular complexity index is 984. The molecule has 1 aliphatic heterocycles. The molecule has 9 heteroatoms. The highest BCUT2D eigenvalue weighted by atomic mass is 35.5. The van der Waals surface area contributed by atoms with Crippen molar-refractivity contribution in [2.45, 2.75) is 13.1 Å². The van der Waals surface area contributed by atoms with Crippen LogP contribution in [0.2, 0.25) is 5.02 Å². The van der Waals surface area contributed by atoms with Crippen LogP contribution in [-0.2, 0) is 13.1 Å². The molecule has 0 N–H and O–H groups in total. The van der Waals surface area contributed by atoms with Crippen LogP contribution in [0.4, 0.5) is 5.69 Å². The monoisotopic (exact) mass is 413 g/mol. The summed E-state index contributed by atoms with van der Waals surface area (Å²) in [5, 5.41) is 15.7. The van der Waals surface area contributed by atoms with Gasteiger partial charge in [-0.15, -0.1) is 0 Å². The summed E-state index contributed by atoms with van der Waals surface area (Å²) in [4.78, 5) is 19.6. The van der Waals surface area contributed by atoms with Gasteiger partial charge in [0.1, 0.15) is 0 Å². The van der Waals surface area contributed by atoms with Crippen LogP contribution in [0, 0.1) is 10.1 Å². The predicted molar refractivity (Wildman–Crippen MR) is 108 cm³/mol. The fourth-order valence-corrected chi connectivity index (χ4v) is 3.47. The molecule has 4 rings (SSSR count). The number of rotatable bonds is 6. The van der Waals surface area contributed by atoms with Gasteiger partial charge in [-0.1, -0.05) is 41.0 Å². The Hall–Kier alpha value is -2.81. The number of aromatic nitrogens is 2. The maximum Gasteiger partial charge on any atom is 0.270 e. The van der Waals surface area contributed by atoms with Crippen LogP contribution in [0.1, 0.15) is 11.5 Å². The highest BCUT2D eigenvalue weighted by molar-refractivity contribution is 6.30. The Morgan fingerprint density at radius 2 is 1.72 bits per heavy atom. The fourth-order valence-electron chi connectivity index (χ4n) is 3.34. The summed E-state index contributed by atoms with van der Waals surface area (Å²) in [5.74, 6) is 0.878. The zero-order valence-corrected chi connectivity index (χ0v) is 16.5. The Balaban J connectivity index is 1.31. The molecule has 150 valence electrons. The molecule has 0 amide bonds. The van der Waals surface area contributed by atoms with Gasteiger partial charge in [0.05, 0.1) is 11.5 Å². The molecule has 3 aromatic rings. The lowest BCUT2D eigenvalue weighted by Crippen LogP contribution is -2.45. The van der Waals surface area contributed by atoms with Crippen LogP contribution >= 0.6 is 11.6 Å². The van der Waals surface area contributed by atoms with Crippen molar-refractivity contribution < 1.29 is 9.45 Å². The van der Waals surface area contributed by atoms with E-state index in [0.29, 0.717) is 23.8 Å². The van der Waals surface area contributed by atoms with E-state index >= 15 is 0 Å². The topological polar surface area (TPSA) is 88.5 Å². The average Bonchev–Trinajstić information content (AvgIpc) is 3.20.